The first kappa shape index (κ1) is 21.9. The van der Waals surface area contributed by atoms with E-state index in [-0.39, 0.29) is 12.2 Å². The molecule has 0 aromatic heterocycles. The number of benzene rings is 2. The zero-order valence-electron chi connectivity index (χ0n) is 17.0. The van der Waals surface area contributed by atoms with Crippen molar-refractivity contribution in [2.24, 2.45) is 0 Å². The molecule has 1 amide bonds. The molecule has 0 bridgehead atoms. The fourth-order valence-corrected chi connectivity index (χ4v) is 2.60. The molecule has 0 radical (unpaired) electrons. The predicted octanol–water partition coefficient (Wildman–Crippen LogP) is 3.41. The van der Waals surface area contributed by atoms with Crippen LogP contribution in [0.15, 0.2) is 42.5 Å². The minimum absolute atomic E-state index is 0.0566. The predicted molar refractivity (Wildman–Crippen MR) is 108 cm³/mol. The van der Waals surface area contributed by atoms with Gasteiger partial charge in [-0.05, 0) is 62.2 Å². The number of hydrogen-bond acceptors (Lipinski definition) is 6. The average Bonchev–Trinajstić information content (AvgIpc) is 2.72. The minimum Gasteiger partial charge on any atom is -0.497 e. The molecular weight excluding hydrogens is 374 g/mol. The standard InChI is InChI=1S/C22H25NO6/c1-14(24)17-6-8-18(9-7-17)23-22(26)15(2)29-21(25)10-5-16-11-19(27-3)13-20(12-16)28-4/h6-9,11-13,15H,5,10H2,1-4H3,(H,23,26)/t15-/m0/s1. The Hall–Kier alpha value is -3.35. The second-order valence-electron chi connectivity index (χ2n) is 6.48. The Labute approximate surface area is 170 Å². The van der Waals surface area contributed by atoms with E-state index in [4.69, 9.17) is 14.2 Å². The number of rotatable bonds is 9. The van der Waals surface area contributed by atoms with Gasteiger partial charge in [0.25, 0.3) is 5.91 Å². The molecule has 0 saturated heterocycles. The fraction of sp³-hybridized carbons (Fsp3) is 0.318. The molecule has 0 aliphatic heterocycles. The maximum atomic E-state index is 12.2. The van der Waals surface area contributed by atoms with Crippen LogP contribution in [-0.2, 0) is 20.7 Å². The van der Waals surface area contributed by atoms with Gasteiger partial charge >= 0.3 is 5.97 Å². The van der Waals surface area contributed by atoms with Gasteiger partial charge in [-0.15, -0.1) is 0 Å². The van der Waals surface area contributed by atoms with Crippen LogP contribution < -0.4 is 14.8 Å². The minimum atomic E-state index is -0.949. The summed E-state index contributed by atoms with van der Waals surface area (Å²) in [6.07, 6.45) is -0.413. The molecule has 0 fully saturated rings. The summed E-state index contributed by atoms with van der Waals surface area (Å²) < 4.78 is 15.6. The second-order valence-corrected chi connectivity index (χ2v) is 6.48. The van der Waals surface area contributed by atoms with Crippen LogP contribution in [0.25, 0.3) is 0 Å². The number of ketones is 1. The number of esters is 1. The number of aryl methyl sites for hydroxylation is 1. The van der Waals surface area contributed by atoms with Crippen LogP contribution in [0.5, 0.6) is 11.5 Å². The normalized spacial score (nSPS) is 11.3. The van der Waals surface area contributed by atoms with Crippen LogP contribution in [0.4, 0.5) is 5.69 Å². The third-order valence-corrected chi connectivity index (χ3v) is 4.27. The monoisotopic (exact) mass is 399 g/mol. The molecule has 0 spiro atoms. The Morgan fingerprint density at radius 1 is 0.966 bits per heavy atom. The van der Waals surface area contributed by atoms with E-state index < -0.39 is 18.0 Å². The molecule has 1 N–H and O–H groups in total. The average molecular weight is 399 g/mol. The zero-order chi connectivity index (χ0) is 21.4. The third-order valence-electron chi connectivity index (χ3n) is 4.27. The second kappa shape index (κ2) is 10.3. The summed E-state index contributed by atoms with van der Waals surface area (Å²) in [6.45, 7) is 2.97. The third kappa shape index (κ3) is 6.64. The Kier molecular flexibility index (Phi) is 7.77. The van der Waals surface area contributed by atoms with Crippen molar-refractivity contribution in [1.29, 1.82) is 0 Å². The summed E-state index contributed by atoms with van der Waals surface area (Å²) in [5.41, 5.74) is 1.93. The molecule has 1 atom stereocenters. The highest BCUT2D eigenvalue weighted by Gasteiger charge is 2.18. The number of hydrogen-bond donors (Lipinski definition) is 1. The Bertz CT molecular complexity index is 853. The van der Waals surface area contributed by atoms with E-state index >= 15 is 0 Å². The molecule has 2 aromatic rings. The number of amides is 1. The van der Waals surface area contributed by atoms with E-state index in [1.165, 1.54) is 13.8 Å². The van der Waals surface area contributed by atoms with Crippen molar-refractivity contribution in [3.05, 3.63) is 53.6 Å². The number of Topliss-reactive ketones (excluding diaryl/α,β-unsaturated/α-hetero) is 1. The lowest BCUT2D eigenvalue weighted by molar-refractivity contribution is -0.153. The number of carbonyl (C=O) groups is 3. The molecule has 2 aromatic carbocycles. The molecule has 0 saturated carbocycles. The molecule has 29 heavy (non-hydrogen) atoms. The maximum absolute atomic E-state index is 12.2. The molecule has 0 unspecified atom stereocenters. The molecule has 0 heterocycles. The first-order valence-electron chi connectivity index (χ1n) is 9.15. The van der Waals surface area contributed by atoms with Gasteiger partial charge in [-0.2, -0.15) is 0 Å². The van der Waals surface area contributed by atoms with Crippen molar-refractivity contribution in [2.75, 3.05) is 19.5 Å². The smallest absolute Gasteiger partial charge is 0.306 e. The summed E-state index contributed by atoms with van der Waals surface area (Å²) in [4.78, 5) is 35.6. The quantitative estimate of drug-likeness (QED) is 0.513. The van der Waals surface area contributed by atoms with Gasteiger partial charge in [0.2, 0.25) is 0 Å². The van der Waals surface area contributed by atoms with Gasteiger partial charge in [0, 0.05) is 23.7 Å². The van der Waals surface area contributed by atoms with E-state index in [1.54, 1.807) is 44.6 Å². The Morgan fingerprint density at radius 3 is 2.07 bits per heavy atom. The van der Waals surface area contributed by atoms with Crippen LogP contribution in [-0.4, -0.2) is 38.0 Å². The van der Waals surface area contributed by atoms with Crippen molar-refractivity contribution in [1.82, 2.24) is 0 Å². The highest BCUT2D eigenvalue weighted by molar-refractivity contribution is 5.97. The van der Waals surface area contributed by atoms with Crippen LogP contribution in [0, 0.1) is 0 Å². The van der Waals surface area contributed by atoms with Gasteiger partial charge < -0.3 is 19.5 Å². The summed E-state index contributed by atoms with van der Waals surface area (Å²) in [5, 5.41) is 2.66. The number of anilines is 1. The highest BCUT2D eigenvalue weighted by atomic mass is 16.5. The Morgan fingerprint density at radius 2 is 1.55 bits per heavy atom. The van der Waals surface area contributed by atoms with Crippen molar-refractivity contribution in [3.8, 4) is 11.5 Å². The molecular formula is C22H25NO6. The summed E-state index contributed by atoms with van der Waals surface area (Å²) >= 11 is 0. The molecule has 0 aliphatic rings. The lowest BCUT2D eigenvalue weighted by Gasteiger charge is -2.14. The lowest BCUT2D eigenvalue weighted by atomic mass is 10.1. The van der Waals surface area contributed by atoms with Crippen LogP contribution >= 0.6 is 0 Å². The summed E-state index contributed by atoms with van der Waals surface area (Å²) in [7, 11) is 3.11. The largest absolute Gasteiger partial charge is 0.497 e. The van der Waals surface area contributed by atoms with Gasteiger partial charge in [0.15, 0.2) is 11.9 Å². The van der Waals surface area contributed by atoms with Gasteiger partial charge in [0.1, 0.15) is 11.5 Å². The first-order chi connectivity index (χ1) is 13.8. The van der Waals surface area contributed by atoms with Gasteiger partial charge in [-0.25, -0.2) is 0 Å². The van der Waals surface area contributed by atoms with E-state index in [0.29, 0.717) is 29.2 Å². The number of ether oxygens (including phenoxy) is 3. The maximum Gasteiger partial charge on any atom is 0.306 e. The molecule has 7 nitrogen and oxygen atoms in total. The number of methoxy groups -OCH3 is 2. The van der Waals surface area contributed by atoms with Crippen molar-refractivity contribution >= 4 is 23.3 Å². The van der Waals surface area contributed by atoms with E-state index in [9.17, 15) is 14.4 Å². The van der Waals surface area contributed by atoms with Crippen LogP contribution in [0.1, 0.15) is 36.2 Å². The molecule has 154 valence electrons. The van der Waals surface area contributed by atoms with Gasteiger partial charge in [0.05, 0.1) is 14.2 Å². The lowest BCUT2D eigenvalue weighted by Crippen LogP contribution is -2.30. The SMILES string of the molecule is COc1cc(CCC(=O)O[C@@H](C)C(=O)Nc2ccc(C(C)=O)cc2)cc(OC)c1. The highest BCUT2D eigenvalue weighted by Crippen LogP contribution is 2.23. The molecule has 2 rings (SSSR count). The van der Waals surface area contributed by atoms with Crippen molar-refractivity contribution < 1.29 is 28.6 Å². The Balaban J connectivity index is 1.86. The van der Waals surface area contributed by atoms with E-state index in [2.05, 4.69) is 5.32 Å². The fourth-order valence-electron chi connectivity index (χ4n) is 2.60. The molecule has 0 aliphatic carbocycles. The van der Waals surface area contributed by atoms with Crippen molar-refractivity contribution in [3.63, 3.8) is 0 Å². The van der Waals surface area contributed by atoms with Gasteiger partial charge in [-0.3, -0.25) is 14.4 Å². The number of carbonyl (C=O) groups excluding carboxylic acids is 3. The van der Waals surface area contributed by atoms with Crippen molar-refractivity contribution in [2.45, 2.75) is 32.8 Å². The topological polar surface area (TPSA) is 90.9 Å². The van der Waals surface area contributed by atoms with Crippen LogP contribution in [0.2, 0.25) is 0 Å². The molecule has 7 heteroatoms. The summed E-state index contributed by atoms with van der Waals surface area (Å²) in [5.74, 6) is 0.282. The number of nitrogens with one attached hydrogen (secondary N) is 1. The van der Waals surface area contributed by atoms with Gasteiger partial charge in [-0.1, -0.05) is 0 Å². The van der Waals surface area contributed by atoms with E-state index in [1.807, 2.05) is 12.1 Å². The first-order valence-corrected chi connectivity index (χ1v) is 9.15. The van der Waals surface area contributed by atoms with Crippen LogP contribution in [0.3, 0.4) is 0 Å². The summed E-state index contributed by atoms with van der Waals surface area (Å²) in [6, 6.07) is 11.9. The van der Waals surface area contributed by atoms with E-state index in [0.717, 1.165) is 5.56 Å². The zero-order valence-corrected chi connectivity index (χ0v) is 17.0.